The Morgan fingerprint density at radius 3 is 2.22 bits per heavy atom. The van der Waals surface area contributed by atoms with Crippen molar-refractivity contribution in [3.63, 3.8) is 0 Å². The van der Waals surface area contributed by atoms with Gasteiger partial charge in [0.1, 0.15) is 0 Å². The predicted molar refractivity (Wildman–Crippen MR) is 108 cm³/mol. The molecule has 0 spiro atoms. The van der Waals surface area contributed by atoms with Crippen molar-refractivity contribution in [3.8, 4) is 0 Å². The molecular weight excluding hydrogens is 336 g/mol. The first-order valence-electron chi connectivity index (χ1n) is 9.28. The standard InChI is InChI=1S/C23H22N2O2/c26-25(27)17-20-15-22(19-11-5-2-6-12-19)21-13-7-8-14-23(21)24(20)16-18-9-3-1-4-10-18/h1-14,20,22H,15-17H2. The van der Waals surface area contributed by atoms with Crippen LogP contribution in [0.3, 0.4) is 0 Å². The summed E-state index contributed by atoms with van der Waals surface area (Å²) in [5.41, 5.74) is 4.74. The highest BCUT2D eigenvalue weighted by Gasteiger charge is 2.35. The van der Waals surface area contributed by atoms with E-state index in [4.69, 9.17) is 0 Å². The summed E-state index contributed by atoms with van der Waals surface area (Å²) in [5.74, 6) is 0.180. The first kappa shape index (κ1) is 17.3. The molecule has 2 unspecified atom stereocenters. The van der Waals surface area contributed by atoms with Crippen LogP contribution in [0.1, 0.15) is 29.0 Å². The van der Waals surface area contributed by atoms with Gasteiger partial charge in [0.25, 0.3) is 0 Å². The van der Waals surface area contributed by atoms with Crippen LogP contribution in [-0.4, -0.2) is 17.5 Å². The Bertz CT molecular complexity index is 912. The number of benzene rings is 3. The molecule has 0 aromatic heterocycles. The number of hydrogen-bond acceptors (Lipinski definition) is 3. The van der Waals surface area contributed by atoms with Gasteiger partial charge < -0.3 is 4.90 Å². The van der Waals surface area contributed by atoms with Crippen molar-refractivity contribution in [1.29, 1.82) is 0 Å². The molecule has 0 radical (unpaired) electrons. The Balaban J connectivity index is 1.77. The molecule has 27 heavy (non-hydrogen) atoms. The van der Waals surface area contributed by atoms with Crippen LogP contribution in [0.15, 0.2) is 84.9 Å². The van der Waals surface area contributed by atoms with Crippen LogP contribution in [0.2, 0.25) is 0 Å². The average Bonchev–Trinajstić information content (AvgIpc) is 2.70. The van der Waals surface area contributed by atoms with E-state index < -0.39 is 0 Å². The highest BCUT2D eigenvalue weighted by Crippen LogP contribution is 2.42. The molecule has 0 aliphatic carbocycles. The van der Waals surface area contributed by atoms with Gasteiger partial charge in [-0.05, 0) is 29.2 Å². The van der Waals surface area contributed by atoms with Crippen molar-refractivity contribution in [1.82, 2.24) is 0 Å². The number of anilines is 1. The molecule has 0 N–H and O–H groups in total. The number of nitrogens with zero attached hydrogens (tertiary/aromatic N) is 2. The summed E-state index contributed by atoms with van der Waals surface area (Å²) in [4.78, 5) is 13.4. The predicted octanol–water partition coefficient (Wildman–Crippen LogP) is 4.87. The number of para-hydroxylation sites is 1. The molecule has 0 fully saturated rings. The Kier molecular flexibility index (Phi) is 4.88. The maximum absolute atomic E-state index is 11.4. The lowest BCUT2D eigenvalue weighted by molar-refractivity contribution is -0.482. The Hall–Kier alpha value is -3.14. The Labute approximate surface area is 159 Å². The molecule has 4 heteroatoms. The van der Waals surface area contributed by atoms with E-state index in [0.717, 1.165) is 12.1 Å². The zero-order chi connectivity index (χ0) is 18.6. The van der Waals surface area contributed by atoms with Crippen LogP contribution in [0, 0.1) is 10.1 Å². The van der Waals surface area contributed by atoms with Gasteiger partial charge in [0.15, 0.2) is 0 Å². The van der Waals surface area contributed by atoms with Crippen molar-refractivity contribution < 1.29 is 4.92 Å². The second kappa shape index (κ2) is 7.62. The average molecular weight is 358 g/mol. The lowest BCUT2D eigenvalue weighted by Crippen LogP contribution is -2.44. The van der Waals surface area contributed by atoms with E-state index in [0.29, 0.717) is 6.54 Å². The van der Waals surface area contributed by atoms with Crippen molar-refractivity contribution >= 4 is 5.69 Å². The molecule has 0 amide bonds. The molecule has 0 saturated heterocycles. The molecule has 0 bridgehead atoms. The third-order valence-corrected chi connectivity index (χ3v) is 5.33. The quantitative estimate of drug-likeness (QED) is 0.483. The van der Waals surface area contributed by atoms with E-state index >= 15 is 0 Å². The monoisotopic (exact) mass is 358 g/mol. The van der Waals surface area contributed by atoms with E-state index in [1.54, 1.807) is 0 Å². The third-order valence-electron chi connectivity index (χ3n) is 5.33. The number of fused-ring (bicyclic) bond motifs is 1. The van der Waals surface area contributed by atoms with E-state index in [-0.39, 0.29) is 23.4 Å². The SMILES string of the molecule is O=[N+]([O-])CC1CC(c2ccccc2)c2ccccc2N1Cc1ccccc1. The van der Waals surface area contributed by atoms with Gasteiger partial charge in [0.05, 0.1) is 6.04 Å². The van der Waals surface area contributed by atoms with Crippen LogP contribution >= 0.6 is 0 Å². The number of hydrogen-bond donors (Lipinski definition) is 0. The number of rotatable bonds is 5. The van der Waals surface area contributed by atoms with Crippen molar-refractivity contribution in [2.24, 2.45) is 0 Å². The minimum absolute atomic E-state index is 0.0511. The van der Waals surface area contributed by atoms with Crippen LogP contribution in [0.25, 0.3) is 0 Å². The van der Waals surface area contributed by atoms with E-state index in [2.05, 4.69) is 47.4 Å². The maximum atomic E-state index is 11.4. The van der Waals surface area contributed by atoms with Gasteiger partial charge >= 0.3 is 0 Å². The zero-order valence-corrected chi connectivity index (χ0v) is 15.1. The minimum atomic E-state index is -0.182. The van der Waals surface area contributed by atoms with Gasteiger partial charge in [-0.25, -0.2) is 0 Å². The fourth-order valence-corrected chi connectivity index (χ4v) is 4.11. The minimum Gasteiger partial charge on any atom is -0.357 e. The largest absolute Gasteiger partial charge is 0.357 e. The van der Waals surface area contributed by atoms with E-state index in [9.17, 15) is 10.1 Å². The van der Waals surface area contributed by atoms with Gasteiger partial charge in [-0.1, -0.05) is 78.9 Å². The normalized spacial score (nSPS) is 18.7. The summed E-state index contributed by atoms with van der Waals surface area (Å²) >= 11 is 0. The summed E-state index contributed by atoms with van der Waals surface area (Å²) < 4.78 is 0. The van der Waals surface area contributed by atoms with Crippen molar-refractivity contribution in [2.75, 3.05) is 11.4 Å². The van der Waals surface area contributed by atoms with Gasteiger partial charge in [-0.15, -0.1) is 0 Å². The third kappa shape index (κ3) is 3.70. The molecule has 1 heterocycles. The van der Waals surface area contributed by atoms with Gasteiger partial charge in [0.2, 0.25) is 6.54 Å². The Morgan fingerprint density at radius 1 is 0.889 bits per heavy atom. The molecule has 3 aromatic rings. The molecule has 0 saturated carbocycles. The summed E-state index contributed by atoms with van der Waals surface area (Å²) in [6.07, 6.45) is 0.745. The second-order valence-electron chi connectivity index (χ2n) is 7.04. The highest BCUT2D eigenvalue weighted by molar-refractivity contribution is 5.60. The van der Waals surface area contributed by atoms with E-state index in [1.807, 2.05) is 42.5 Å². The molecule has 1 aliphatic rings. The molecule has 1 aliphatic heterocycles. The van der Waals surface area contributed by atoms with Crippen molar-refractivity contribution in [2.45, 2.75) is 24.9 Å². The fraction of sp³-hybridized carbons (Fsp3) is 0.217. The lowest BCUT2D eigenvalue weighted by atomic mass is 9.81. The van der Waals surface area contributed by atoms with Gasteiger partial charge in [0, 0.05) is 23.1 Å². The summed E-state index contributed by atoms with van der Waals surface area (Å²) in [6, 6.07) is 28.7. The molecule has 2 atom stereocenters. The van der Waals surface area contributed by atoms with Crippen LogP contribution in [0.5, 0.6) is 0 Å². The summed E-state index contributed by atoms with van der Waals surface area (Å²) in [5, 5.41) is 11.4. The summed E-state index contributed by atoms with van der Waals surface area (Å²) in [7, 11) is 0. The van der Waals surface area contributed by atoms with Crippen molar-refractivity contribution in [3.05, 3.63) is 112 Å². The molecule has 3 aromatic carbocycles. The first-order valence-corrected chi connectivity index (χ1v) is 9.28. The van der Waals surface area contributed by atoms with Crippen LogP contribution in [0.4, 0.5) is 5.69 Å². The van der Waals surface area contributed by atoms with Gasteiger partial charge in [-0.3, -0.25) is 10.1 Å². The van der Waals surface area contributed by atoms with Crippen LogP contribution in [-0.2, 0) is 6.54 Å². The number of nitro groups is 1. The topological polar surface area (TPSA) is 46.4 Å². The summed E-state index contributed by atoms with van der Waals surface area (Å²) in [6.45, 7) is 0.627. The van der Waals surface area contributed by atoms with Gasteiger partial charge in [-0.2, -0.15) is 0 Å². The van der Waals surface area contributed by atoms with E-state index in [1.165, 1.54) is 16.7 Å². The molecule has 4 rings (SSSR count). The molecule has 136 valence electrons. The smallest absolute Gasteiger partial charge is 0.223 e. The second-order valence-corrected chi connectivity index (χ2v) is 7.04. The molecular formula is C23H22N2O2. The lowest BCUT2D eigenvalue weighted by Gasteiger charge is -2.41. The highest BCUT2D eigenvalue weighted by atomic mass is 16.6. The Morgan fingerprint density at radius 2 is 1.52 bits per heavy atom. The fourth-order valence-electron chi connectivity index (χ4n) is 4.11. The maximum Gasteiger partial charge on any atom is 0.223 e. The molecule has 4 nitrogen and oxygen atoms in total. The van der Waals surface area contributed by atoms with Crippen LogP contribution < -0.4 is 4.90 Å². The first-order chi connectivity index (χ1) is 13.2. The zero-order valence-electron chi connectivity index (χ0n) is 15.1.